The molecule has 1 N–H and O–H groups in total. The van der Waals surface area contributed by atoms with Crippen molar-refractivity contribution in [3.05, 3.63) is 71.3 Å². The maximum atomic E-state index is 11.7. The van der Waals surface area contributed by atoms with Crippen molar-refractivity contribution in [2.45, 2.75) is 44.6 Å². The predicted molar refractivity (Wildman–Crippen MR) is 109 cm³/mol. The highest BCUT2D eigenvalue weighted by Gasteiger charge is 2.43. The molecule has 26 heavy (non-hydrogen) atoms. The van der Waals surface area contributed by atoms with E-state index in [9.17, 15) is 5.11 Å². The van der Waals surface area contributed by atoms with E-state index >= 15 is 0 Å². The van der Waals surface area contributed by atoms with E-state index in [4.69, 9.17) is 0 Å². The Balaban J connectivity index is 1.72. The molecule has 2 aromatic rings. The minimum absolute atomic E-state index is 0.286. The Morgan fingerprint density at radius 3 is 2.54 bits per heavy atom. The van der Waals surface area contributed by atoms with Gasteiger partial charge in [0.15, 0.2) is 0 Å². The number of hydrogen-bond acceptors (Lipinski definition) is 2. The van der Waals surface area contributed by atoms with E-state index < -0.39 is 5.60 Å². The van der Waals surface area contributed by atoms with Gasteiger partial charge in [-0.15, -0.1) is 0 Å². The Bertz CT molecular complexity index is 696. The van der Waals surface area contributed by atoms with Crippen LogP contribution in [0.3, 0.4) is 0 Å². The molecule has 0 heterocycles. The second kappa shape index (κ2) is 8.37. The van der Waals surface area contributed by atoms with Gasteiger partial charge in [0.2, 0.25) is 0 Å². The van der Waals surface area contributed by atoms with Crippen molar-refractivity contribution in [1.29, 1.82) is 0 Å². The smallest absolute Gasteiger partial charge is 0.0937 e. The molecule has 0 amide bonds. The number of nitrogens with zero attached hydrogens (tertiary/aromatic N) is 1. The summed E-state index contributed by atoms with van der Waals surface area (Å²) in [6, 6.07) is 19.3. The van der Waals surface area contributed by atoms with Crippen molar-refractivity contribution in [2.24, 2.45) is 11.8 Å². The van der Waals surface area contributed by atoms with Gasteiger partial charge in [0.05, 0.1) is 5.60 Å². The Hall–Kier alpha value is -1.64. The van der Waals surface area contributed by atoms with E-state index in [0.717, 1.165) is 37.8 Å². The third kappa shape index (κ3) is 4.55. The highest BCUT2D eigenvalue weighted by molar-refractivity contribution is 5.29. The number of rotatable bonds is 6. The molecule has 2 nitrogen and oxygen atoms in total. The van der Waals surface area contributed by atoms with Crippen LogP contribution >= 0.6 is 0 Å². The average Bonchev–Trinajstić information content (AvgIpc) is 2.63. The molecule has 0 aromatic heterocycles. The predicted octanol–water partition coefficient (Wildman–Crippen LogP) is 4.79. The van der Waals surface area contributed by atoms with E-state index in [1.165, 1.54) is 17.5 Å². The summed E-state index contributed by atoms with van der Waals surface area (Å²) < 4.78 is 0. The van der Waals surface area contributed by atoms with Crippen LogP contribution in [-0.2, 0) is 12.0 Å². The van der Waals surface area contributed by atoms with Gasteiger partial charge in [0.25, 0.3) is 0 Å². The van der Waals surface area contributed by atoms with Crippen molar-refractivity contribution >= 4 is 0 Å². The summed E-state index contributed by atoms with van der Waals surface area (Å²) in [4.78, 5) is 2.23. The van der Waals surface area contributed by atoms with Gasteiger partial charge in [-0.1, -0.05) is 60.2 Å². The van der Waals surface area contributed by atoms with E-state index in [-0.39, 0.29) is 5.92 Å². The first-order valence-corrected chi connectivity index (χ1v) is 9.95. The van der Waals surface area contributed by atoms with Gasteiger partial charge in [0, 0.05) is 12.5 Å². The topological polar surface area (TPSA) is 23.5 Å². The number of aryl methyl sites for hydroxylation is 2. The quantitative estimate of drug-likeness (QED) is 0.808. The molecule has 3 atom stereocenters. The van der Waals surface area contributed by atoms with Gasteiger partial charge in [-0.2, -0.15) is 0 Å². The summed E-state index contributed by atoms with van der Waals surface area (Å²) in [6.45, 7) is 3.05. The lowest BCUT2D eigenvalue weighted by Gasteiger charge is -2.45. The number of hydrogen-bond donors (Lipinski definition) is 1. The van der Waals surface area contributed by atoms with Gasteiger partial charge in [-0.3, -0.25) is 0 Å². The van der Waals surface area contributed by atoms with Crippen LogP contribution in [0, 0.1) is 18.8 Å². The molecule has 1 saturated carbocycles. The van der Waals surface area contributed by atoms with Gasteiger partial charge in [-0.25, -0.2) is 0 Å². The Morgan fingerprint density at radius 1 is 1.08 bits per heavy atom. The molecule has 1 aliphatic carbocycles. The molecule has 1 fully saturated rings. The zero-order chi connectivity index (χ0) is 18.6. The molecule has 0 bridgehead atoms. The maximum absolute atomic E-state index is 11.7. The van der Waals surface area contributed by atoms with Crippen LogP contribution in [0.25, 0.3) is 0 Å². The Labute approximate surface area is 158 Å². The molecular weight excluding hydrogens is 318 g/mol. The van der Waals surface area contributed by atoms with Crippen molar-refractivity contribution in [2.75, 3.05) is 20.6 Å². The van der Waals surface area contributed by atoms with Crippen molar-refractivity contribution in [3.63, 3.8) is 0 Å². The van der Waals surface area contributed by atoms with Gasteiger partial charge in [0.1, 0.15) is 0 Å². The summed E-state index contributed by atoms with van der Waals surface area (Å²) in [5.74, 6) is 0.985. The Morgan fingerprint density at radius 2 is 1.85 bits per heavy atom. The molecule has 1 aliphatic rings. The fourth-order valence-corrected chi connectivity index (χ4v) is 4.58. The lowest BCUT2D eigenvalue weighted by molar-refractivity contribution is -0.0761. The van der Waals surface area contributed by atoms with E-state index in [2.05, 4.69) is 80.5 Å². The van der Waals surface area contributed by atoms with Crippen molar-refractivity contribution in [3.8, 4) is 0 Å². The van der Waals surface area contributed by atoms with E-state index in [0.29, 0.717) is 5.92 Å². The summed E-state index contributed by atoms with van der Waals surface area (Å²) in [6.07, 6.45) is 5.45. The maximum Gasteiger partial charge on any atom is 0.0937 e. The molecule has 2 aromatic carbocycles. The first-order valence-electron chi connectivity index (χ1n) is 9.95. The number of benzene rings is 2. The minimum atomic E-state index is -0.695. The van der Waals surface area contributed by atoms with Crippen LogP contribution < -0.4 is 0 Å². The summed E-state index contributed by atoms with van der Waals surface area (Å²) in [5.41, 5.74) is 3.06. The van der Waals surface area contributed by atoms with Crippen LogP contribution in [0.2, 0.25) is 0 Å². The van der Waals surface area contributed by atoms with Gasteiger partial charge >= 0.3 is 0 Å². The molecular formula is C24H33NO. The van der Waals surface area contributed by atoms with E-state index in [1.807, 2.05) is 0 Å². The standard InChI is InChI=1S/C24H33NO/c1-19-8-7-11-22(16-19)24(26)15-14-21(17-23(24)18-25(2)3)13-12-20-9-5-4-6-10-20/h4-11,16,21,23,26H,12-15,17-18H2,1-3H3. The first-order chi connectivity index (χ1) is 12.5. The van der Waals surface area contributed by atoms with Gasteiger partial charge in [-0.05, 0) is 70.2 Å². The lowest BCUT2D eigenvalue weighted by atomic mass is 9.66. The highest BCUT2D eigenvalue weighted by Crippen LogP contribution is 2.45. The third-order valence-corrected chi connectivity index (χ3v) is 6.01. The Kier molecular flexibility index (Phi) is 6.16. The second-order valence-corrected chi connectivity index (χ2v) is 8.42. The molecule has 3 rings (SSSR count). The largest absolute Gasteiger partial charge is 0.385 e. The normalized spacial score (nSPS) is 26.2. The average molecular weight is 352 g/mol. The molecule has 3 unspecified atom stereocenters. The van der Waals surface area contributed by atoms with Crippen LogP contribution in [0.15, 0.2) is 54.6 Å². The zero-order valence-corrected chi connectivity index (χ0v) is 16.5. The fraction of sp³-hybridized carbons (Fsp3) is 0.500. The molecule has 2 heteroatoms. The summed E-state index contributed by atoms with van der Waals surface area (Å²) in [5, 5.41) is 11.7. The molecule has 140 valence electrons. The van der Waals surface area contributed by atoms with Gasteiger partial charge < -0.3 is 10.0 Å². The lowest BCUT2D eigenvalue weighted by Crippen LogP contribution is -2.45. The molecule has 0 spiro atoms. The van der Waals surface area contributed by atoms with Crippen LogP contribution in [0.5, 0.6) is 0 Å². The molecule has 0 radical (unpaired) electrons. The van der Waals surface area contributed by atoms with Crippen LogP contribution in [0.4, 0.5) is 0 Å². The monoisotopic (exact) mass is 351 g/mol. The third-order valence-electron chi connectivity index (χ3n) is 6.01. The summed E-state index contributed by atoms with van der Waals surface area (Å²) in [7, 11) is 4.23. The number of aliphatic hydroxyl groups is 1. The fourth-order valence-electron chi connectivity index (χ4n) is 4.58. The zero-order valence-electron chi connectivity index (χ0n) is 16.5. The molecule has 0 saturated heterocycles. The first kappa shape index (κ1) is 19.1. The van der Waals surface area contributed by atoms with Crippen molar-refractivity contribution < 1.29 is 5.11 Å². The van der Waals surface area contributed by atoms with E-state index in [1.54, 1.807) is 0 Å². The van der Waals surface area contributed by atoms with Crippen LogP contribution in [0.1, 0.15) is 42.4 Å². The van der Waals surface area contributed by atoms with Crippen molar-refractivity contribution in [1.82, 2.24) is 4.90 Å². The molecule has 0 aliphatic heterocycles. The second-order valence-electron chi connectivity index (χ2n) is 8.42. The SMILES string of the molecule is Cc1cccc(C2(O)CCC(CCc3ccccc3)CC2CN(C)C)c1. The van der Waals surface area contributed by atoms with Crippen LogP contribution in [-0.4, -0.2) is 30.6 Å². The minimum Gasteiger partial charge on any atom is -0.385 e. The highest BCUT2D eigenvalue weighted by atomic mass is 16.3. The summed E-state index contributed by atoms with van der Waals surface area (Å²) >= 11 is 0.